The molecule has 0 radical (unpaired) electrons. The van der Waals surface area contributed by atoms with Gasteiger partial charge < -0.3 is 0 Å². The second-order valence-corrected chi connectivity index (χ2v) is 9.30. The van der Waals surface area contributed by atoms with Gasteiger partial charge in [-0.15, -0.1) is 16.9 Å². The standard InChI is InChI=1S/C19H16F3N3O2S2/c20-19(21,22)18-12-16(14-9-8-13-5-4-10-28-17(13)11-14)25(23-18)24-29(26,27)15-6-2-1-3-7-15/h1-3,6-9,11-12,24H,4-5,10H2. The average molecular weight is 439 g/mol. The Morgan fingerprint density at radius 2 is 1.83 bits per heavy atom. The van der Waals surface area contributed by atoms with E-state index in [1.165, 1.54) is 24.3 Å². The predicted octanol–water partition coefficient (Wildman–Crippen LogP) is 4.54. The van der Waals surface area contributed by atoms with Gasteiger partial charge in [-0.3, -0.25) is 0 Å². The molecule has 2 aromatic carbocycles. The quantitative estimate of drug-likeness (QED) is 0.648. The first kappa shape index (κ1) is 19.8. The second-order valence-electron chi connectivity index (χ2n) is 6.51. The lowest BCUT2D eigenvalue weighted by Crippen LogP contribution is -2.25. The van der Waals surface area contributed by atoms with Gasteiger partial charge in [-0.2, -0.15) is 31.2 Å². The summed E-state index contributed by atoms with van der Waals surface area (Å²) < 4.78 is 65.0. The zero-order valence-electron chi connectivity index (χ0n) is 15.0. The highest BCUT2D eigenvalue weighted by Crippen LogP contribution is 2.36. The van der Waals surface area contributed by atoms with E-state index in [-0.39, 0.29) is 10.6 Å². The molecule has 1 N–H and O–H groups in total. The summed E-state index contributed by atoms with van der Waals surface area (Å²) in [6.45, 7) is 0. The maximum absolute atomic E-state index is 13.3. The molecule has 0 saturated heterocycles. The number of hydrogen-bond donors (Lipinski definition) is 1. The van der Waals surface area contributed by atoms with E-state index < -0.39 is 21.9 Å². The van der Waals surface area contributed by atoms with E-state index in [4.69, 9.17) is 0 Å². The Morgan fingerprint density at radius 3 is 2.55 bits per heavy atom. The molecule has 0 aliphatic carbocycles. The summed E-state index contributed by atoms with van der Waals surface area (Å²) in [4.78, 5) is 3.74. The molecule has 0 atom stereocenters. The van der Waals surface area contributed by atoms with Crippen LogP contribution in [0.15, 0.2) is 64.4 Å². The first-order valence-corrected chi connectivity index (χ1v) is 11.2. The summed E-state index contributed by atoms with van der Waals surface area (Å²) in [6, 6.07) is 13.6. The van der Waals surface area contributed by atoms with E-state index >= 15 is 0 Å². The molecule has 29 heavy (non-hydrogen) atoms. The van der Waals surface area contributed by atoms with Crippen molar-refractivity contribution in [2.75, 3.05) is 10.6 Å². The van der Waals surface area contributed by atoms with Gasteiger partial charge in [-0.05, 0) is 48.4 Å². The molecule has 1 aliphatic rings. The van der Waals surface area contributed by atoms with Crippen LogP contribution in [0.3, 0.4) is 0 Å². The van der Waals surface area contributed by atoms with Crippen LogP contribution in [-0.4, -0.2) is 24.1 Å². The van der Waals surface area contributed by atoms with Crippen LogP contribution in [0.25, 0.3) is 11.3 Å². The fourth-order valence-corrected chi connectivity index (χ4v) is 5.12. The average Bonchev–Trinajstić information content (AvgIpc) is 3.12. The number of rotatable bonds is 4. The largest absolute Gasteiger partial charge is 0.435 e. The fourth-order valence-electron chi connectivity index (χ4n) is 3.06. The summed E-state index contributed by atoms with van der Waals surface area (Å²) in [5.74, 6) is 0.935. The van der Waals surface area contributed by atoms with E-state index in [9.17, 15) is 21.6 Å². The smallest absolute Gasteiger partial charge is 0.200 e. The van der Waals surface area contributed by atoms with Crippen LogP contribution in [0.5, 0.6) is 0 Å². The number of sulfonamides is 1. The predicted molar refractivity (Wildman–Crippen MR) is 105 cm³/mol. The second kappa shape index (κ2) is 7.42. The van der Waals surface area contributed by atoms with Crippen LogP contribution in [-0.2, 0) is 22.6 Å². The highest BCUT2D eigenvalue weighted by Gasteiger charge is 2.36. The minimum Gasteiger partial charge on any atom is -0.200 e. The van der Waals surface area contributed by atoms with Gasteiger partial charge >= 0.3 is 6.18 Å². The van der Waals surface area contributed by atoms with Gasteiger partial charge in [-0.1, -0.05) is 30.3 Å². The van der Waals surface area contributed by atoms with Crippen molar-refractivity contribution in [2.24, 2.45) is 0 Å². The highest BCUT2D eigenvalue weighted by molar-refractivity contribution is 7.99. The van der Waals surface area contributed by atoms with Crippen molar-refractivity contribution in [1.29, 1.82) is 0 Å². The molecule has 0 bridgehead atoms. The molecule has 3 aromatic rings. The monoisotopic (exact) mass is 439 g/mol. The van der Waals surface area contributed by atoms with Crippen molar-refractivity contribution in [3.05, 3.63) is 65.9 Å². The van der Waals surface area contributed by atoms with Gasteiger partial charge in [0.05, 0.1) is 10.6 Å². The normalized spacial score (nSPS) is 14.4. The van der Waals surface area contributed by atoms with Gasteiger partial charge in [0.2, 0.25) is 0 Å². The lowest BCUT2D eigenvalue weighted by molar-refractivity contribution is -0.141. The van der Waals surface area contributed by atoms with E-state index in [2.05, 4.69) is 9.93 Å². The number of aromatic nitrogens is 2. The molecule has 152 valence electrons. The highest BCUT2D eigenvalue weighted by atomic mass is 32.2. The van der Waals surface area contributed by atoms with E-state index in [1.807, 2.05) is 6.07 Å². The number of hydrogen-bond acceptors (Lipinski definition) is 4. The summed E-state index contributed by atoms with van der Waals surface area (Å²) in [5, 5.41) is 3.48. The molecule has 0 amide bonds. The number of nitrogens with zero attached hydrogens (tertiary/aromatic N) is 2. The molecule has 10 heteroatoms. The van der Waals surface area contributed by atoms with Gasteiger partial charge in [0.1, 0.15) is 0 Å². The van der Waals surface area contributed by atoms with Crippen LogP contribution in [0.2, 0.25) is 0 Å². The maximum atomic E-state index is 13.3. The Kier molecular flexibility index (Phi) is 5.07. The van der Waals surface area contributed by atoms with Gasteiger partial charge in [0.25, 0.3) is 10.0 Å². The van der Waals surface area contributed by atoms with Gasteiger partial charge in [0.15, 0.2) is 5.69 Å². The number of thioether (sulfide) groups is 1. The number of alkyl halides is 3. The molecule has 4 rings (SSSR count). The van der Waals surface area contributed by atoms with Crippen molar-refractivity contribution in [1.82, 2.24) is 9.89 Å². The van der Waals surface area contributed by atoms with Crippen molar-refractivity contribution in [3.63, 3.8) is 0 Å². The number of halogens is 3. The minimum absolute atomic E-state index is 0.0193. The third-order valence-electron chi connectivity index (χ3n) is 4.47. The summed E-state index contributed by atoms with van der Waals surface area (Å²) >= 11 is 1.64. The Balaban J connectivity index is 1.79. The summed E-state index contributed by atoms with van der Waals surface area (Å²) in [5.41, 5.74) is 0.438. The van der Waals surface area contributed by atoms with Crippen LogP contribution in [0.1, 0.15) is 17.7 Å². The molecule has 2 heterocycles. The van der Waals surface area contributed by atoms with Crippen LogP contribution < -0.4 is 4.83 Å². The topological polar surface area (TPSA) is 64.0 Å². The third-order valence-corrected chi connectivity index (χ3v) is 6.96. The van der Waals surface area contributed by atoms with Crippen molar-refractivity contribution in [3.8, 4) is 11.3 Å². The molecule has 0 unspecified atom stereocenters. The maximum Gasteiger partial charge on any atom is 0.435 e. The molecule has 0 saturated carbocycles. The lowest BCUT2D eigenvalue weighted by atomic mass is 10.1. The van der Waals surface area contributed by atoms with Crippen LogP contribution in [0.4, 0.5) is 13.2 Å². The Hall–Kier alpha value is -2.46. The number of aryl methyl sites for hydroxylation is 1. The van der Waals surface area contributed by atoms with Crippen molar-refractivity contribution < 1.29 is 21.6 Å². The van der Waals surface area contributed by atoms with Crippen molar-refractivity contribution in [2.45, 2.75) is 28.8 Å². The Labute approximate surface area is 170 Å². The third kappa shape index (κ3) is 4.13. The first-order chi connectivity index (χ1) is 13.7. The van der Waals surface area contributed by atoms with E-state index in [1.54, 1.807) is 30.0 Å². The number of nitrogens with one attached hydrogen (secondary N) is 1. The molecule has 1 aromatic heterocycles. The van der Waals surface area contributed by atoms with Crippen LogP contribution in [0, 0.1) is 0 Å². The zero-order valence-corrected chi connectivity index (χ0v) is 16.6. The lowest BCUT2D eigenvalue weighted by Gasteiger charge is -2.17. The molecule has 1 aliphatic heterocycles. The first-order valence-electron chi connectivity index (χ1n) is 8.75. The SMILES string of the molecule is O=S(=O)(Nn1nc(C(F)(F)F)cc1-c1ccc2c(c1)SCCC2)c1ccccc1. The molecule has 0 spiro atoms. The van der Waals surface area contributed by atoms with Gasteiger partial charge in [0, 0.05) is 10.5 Å². The number of benzene rings is 2. The van der Waals surface area contributed by atoms with E-state index in [0.29, 0.717) is 10.4 Å². The fraction of sp³-hybridized carbons (Fsp3) is 0.211. The molecule has 5 nitrogen and oxygen atoms in total. The summed E-state index contributed by atoms with van der Waals surface area (Å²) in [7, 11) is -4.12. The minimum atomic E-state index is -4.71. The van der Waals surface area contributed by atoms with Crippen LogP contribution >= 0.6 is 11.8 Å². The molecular formula is C19H16F3N3O2S2. The van der Waals surface area contributed by atoms with E-state index in [0.717, 1.165) is 35.1 Å². The summed E-state index contributed by atoms with van der Waals surface area (Å²) in [6.07, 6.45) is -2.75. The zero-order chi connectivity index (χ0) is 20.6. The Morgan fingerprint density at radius 1 is 1.07 bits per heavy atom. The number of fused-ring (bicyclic) bond motifs is 1. The van der Waals surface area contributed by atoms with Gasteiger partial charge in [-0.25, -0.2) is 0 Å². The Bertz CT molecular complexity index is 1140. The molecular weight excluding hydrogens is 423 g/mol. The molecule has 0 fully saturated rings. The van der Waals surface area contributed by atoms with Crippen molar-refractivity contribution >= 4 is 21.8 Å².